The minimum atomic E-state index is -0.219. The first-order chi connectivity index (χ1) is 13.5. The summed E-state index contributed by atoms with van der Waals surface area (Å²) in [5.41, 5.74) is 11.8. The Morgan fingerprint density at radius 3 is 2.46 bits per heavy atom. The first-order valence-electron chi connectivity index (χ1n) is 9.08. The van der Waals surface area contributed by atoms with Gasteiger partial charge in [-0.25, -0.2) is 0 Å². The third-order valence-corrected chi connectivity index (χ3v) is 5.94. The summed E-state index contributed by atoms with van der Waals surface area (Å²) in [5.74, 6) is 0.778. The summed E-state index contributed by atoms with van der Waals surface area (Å²) >= 11 is 3.55. The Labute approximate surface area is 173 Å². The smallest absolute Gasteiger partial charge is 0.256 e. The van der Waals surface area contributed by atoms with Crippen molar-refractivity contribution in [2.45, 2.75) is 19.5 Å². The lowest BCUT2D eigenvalue weighted by Crippen LogP contribution is -2.28. The highest BCUT2D eigenvalue weighted by atomic mass is 79.9. The highest BCUT2D eigenvalue weighted by Crippen LogP contribution is 2.45. The minimum Gasteiger partial charge on any atom is -0.497 e. The Kier molecular flexibility index (Phi) is 4.85. The number of nitrogens with two attached hydrogens (primary N) is 1. The zero-order valence-corrected chi connectivity index (χ0v) is 17.4. The number of rotatable bonds is 4. The minimum absolute atomic E-state index is 0.0155. The Balaban J connectivity index is 1.84. The number of ether oxygens (including phenoxy) is 1. The fraction of sp³-hybridized carbons (Fsp3) is 0.174. The molecule has 0 aromatic heterocycles. The third-order valence-electron chi connectivity index (χ3n) is 5.28. The van der Waals surface area contributed by atoms with E-state index in [4.69, 9.17) is 10.5 Å². The van der Waals surface area contributed by atoms with Crippen molar-refractivity contribution >= 4 is 27.5 Å². The number of nitrogen functional groups attached to an aromatic ring is 1. The van der Waals surface area contributed by atoms with Crippen LogP contribution in [0.4, 0.5) is 5.69 Å². The number of aryl methyl sites for hydroxylation is 1. The summed E-state index contributed by atoms with van der Waals surface area (Å²) < 4.78 is 6.02. The number of nitrogens with zero attached hydrogens (tertiary/aromatic N) is 1. The van der Waals surface area contributed by atoms with E-state index in [1.807, 2.05) is 53.4 Å². The van der Waals surface area contributed by atoms with Gasteiger partial charge in [0.1, 0.15) is 5.75 Å². The van der Waals surface area contributed by atoms with Gasteiger partial charge in [0.15, 0.2) is 0 Å². The lowest BCUT2D eigenvalue weighted by atomic mass is 9.93. The first-order valence-corrected chi connectivity index (χ1v) is 9.88. The van der Waals surface area contributed by atoms with E-state index in [0.29, 0.717) is 17.8 Å². The molecule has 1 heterocycles. The average molecular weight is 437 g/mol. The molecule has 4 nitrogen and oxygen atoms in total. The number of benzene rings is 3. The van der Waals surface area contributed by atoms with E-state index in [9.17, 15) is 4.79 Å². The van der Waals surface area contributed by atoms with Crippen LogP contribution < -0.4 is 10.5 Å². The molecule has 1 unspecified atom stereocenters. The van der Waals surface area contributed by atoms with Crippen molar-refractivity contribution in [1.82, 2.24) is 4.90 Å². The van der Waals surface area contributed by atoms with Crippen LogP contribution in [0, 0.1) is 6.92 Å². The number of hydrogen-bond acceptors (Lipinski definition) is 3. The predicted octanol–water partition coefficient (Wildman–Crippen LogP) is 5.09. The lowest BCUT2D eigenvalue weighted by molar-refractivity contribution is 0.0735. The van der Waals surface area contributed by atoms with E-state index in [2.05, 4.69) is 35.0 Å². The van der Waals surface area contributed by atoms with Gasteiger partial charge < -0.3 is 15.4 Å². The highest BCUT2D eigenvalue weighted by molar-refractivity contribution is 9.10. The van der Waals surface area contributed by atoms with Gasteiger partial charge in [0, 0.05) is 22.3 Å². The van der Waals surface area contributed by atoms with Gasteiger partial charge in [-0.3, -0.25) is 4.79 Å². The fourth-order valence-electron chi connectivity index (χ4n) is 3.85. The van der Waals surface area contributed by atoms with Crippen LogP contribution in [0.5, 0.6) is 5.75 Å². The molecule has 0 radical (unpaired) electrons. The van der Waals surface area contributed by atoms with E-state index in [-0.39, 0.29) is 11.9 Å². The van der Waals surface area contributed by atoms with Crippen LogP contribution in [0.1, 0.15) is 38.7 Å². The largest absolute Gasteiger partial charge is 0.497 e. The van der Waals surface area contributed by atoms with Crippen LogP contribution in [0.15, 0.2) is 65.1 Å². The highest BCUT2D eigenvalue weighted by Gasteiger charge is 2.41. The van der Waals surface area contributed by atoms with E-state index in [1.165, 1.54) is 0 Å². The molecule has 0 saturated carbocycles. The number of methoxy groups -OCH3 is 1. The second-order valence-electron chi connectivity index (χ2n) is 6.97. The second kappa shape index (κ2) is 7.32. The molecule has 142 valence electrons. The third kappa shape index (κ3) is 3.06. The summed E-state index contributed by atoms with van der Waals surface area (Å²) in [4.78, 5) is 15.3. The van der Waals surface area contributed by atoms with Crippen molar-refractivity contribution in [3.63, 3.8) is 0 Å². The SMILES string of the molecule is COc1ccc(CN2C(=O)c3c(Br)ccc(N)c3C2c2ccccc2C)cc1. The van der Waals surface area contributed by atoms with Gasteiger partial charge >= 0.3 is 0 Å². The number of anilines is 1. The van der Waals surface area contributed by atoms with Crippen molar-refractivity contribution in [2.24, 2.45) is 0 Å². The molecule has 0 saturated heterocycles. The van der Waals surface area contributed by atoms with Crippen LogP contribution in [-0.2, 0) is 6.54 Å². The topological polar surface area (TPSA) is 55.6 Å². The van der Waals surface area contributed by atoms with Gasteiger partial charge in [-0.15, -0.1) is 0 Å². The van der Waals surface area contributed by atoms with Gasteiger partial charge in [0.2, 0.25) is 0 Å². The van der Waals surface area contributed by atoms with Crippen molar-refractivity contribution in [2.75, 3.05) is 12.8 Å². The maximum absolute atomic E-state index is 13.4. The van der Waals surface area contributed by atoms with Crippen molar-refractivity contribution in [1.29, 1.82) is 0 Å². The Morgan fingerprint density at radius 2 is 1.79 bits per heavy atom. The van der Waals surface area contributed by atoms with Crippen molar-refractivity contribution in [3.05, 3.63) is 93.0 Å². The zero-order valence-electron chi connectivity index (χ0n) is 15.8. The van der Waals surface area contributed by atoms with Crippen molar-refractivity contribution in [3.8, 4) is 5.75 Å². The molecule has 1 atom stereocenters. The fourth-order valence-corrected chi connectivity index (χ4v) is 4.36. The van der Waals surface area contributed by atoms with E-state index < -0.39 is 0 Å². The van der Waals surface area contributed by atoms with Crippen LogP contribution in [0.2, 0.25) is 0 Å². The van der Waals surface area contributed by atoms with Crippen LogP contribution in [0.25, 0.3) is 0 Å². The number of carbonyl (C=O) groups is 1. The number of amides is 1. The normalized spacial score (nSPS) is 15.6. The standard InChI is InChI=1S/C23H21BrN2O2/c1-14-5-3-4-6-17(14)22-21-19(25)12-11-18(24)20(21)23(27)26(22)13-15-7-9-16(28-2)10-8-15/h3-12,22H,13,25H2,1-2H3. The predicted molar refractivity (Wildman–Crippen MR) is 114 cm³/mol. The molecule has 1 aliphatic rings. The van der Waals surface area contributed by atoms with Gasteiger partial charge in [-0.05, 0) is 63.8 Å². The van der Waals surface area contributed by atoms with Crippen LogP contribution >= 0.6 is 15.9 Å². The molecule has 0 spiro atoms. The number of carbonyl (C=O) groups excluding carboxylic acids is 1. The molecule has 5 heteroatoms. The summed E-state index contributed by atoms with van der Waals surface area (Å²) in [7, 11) is 1.64. The molecule has 0 aliphatic carbocycles. The number of hydrogen-bond donors (Lipinski definition) is 1. The van der Waals surface area contributed by atoms with Crippen LogP contribution in [0.3, 0.4) is 0 Å². The molecule has 2 N–H and O–H groups in total. The number of halogens is 1. The van der Waals surface area contributed by atoms with Crippen molar-refractivity contribution < 1.29 is 9.53 Å². The maximum atomic E-state index is 13.4. The summed E-state index contributed by atoms with van der Waals surface area (Å²) in [6.45, 7) is 2.56. The van der Waals surface area contributed by atoms with Crippen LogP contribution in [-0.4, -0.2) is 17.9 Å². The molecule has 1 aliphatic heterocycles. The quantitative estimate of drug-likeness (QED) is 0.579. The summed E-state index contributed by atoms with van der Waals surface area (Å²) in [6, 6.07) is 19.4. The Morgan fingerprint density at radius 1 is 1.07 bits per heavy atom. The molecule has 1 amide bonds. The van der Waals surface area contributed by atoms with E-state index in [0.717, 1.165) is 32.5 Å². The van der Waals surface area contributed by atoms with Gasteiger partial charge in [-0.1, -0.05) is 36.4 Å². The molecule has 3 aromatic rings. The Hall–Kier alpha value is -2.79. The number of fused-ring (bicyclic) bond motifs is 1. The average Bonchev–Trinajstić information content (AvgIpc) is 2.99. The monoisotopic (exact) mass is 436 g/mol. The van der Waals surface area contributed by atoms with Gasteiger partial charge in [0.05, 0.1) is 18.7 Å². The molecular formula is C23H21BrN2O2. The molecule has 28 heavy (non-hydrogen) atoms. The summed E-state index contributed by atoms with van der Waals surface area (Å²) in [6.07, 6.45) is 0. The molecule has 3 aromatic carbocycles. The van der Waals surface area contributed by atoms with Gasteiger partial charge in [-0.2, -0.15) is 0 Å². The molecule has 0 fully saturated rings. The molecular weight excluding hydrogens is 416 g/mol. The molecule has 4 rings (SSSR count). The molecule has 0 bridgehead atoms. The maximum Gasteiger partial charge on any atom is 0.256 e. The second-order valence-corrected chi connectivity index (χ2v) is 7.82. The van der Waals surface area contributed by atoms with E-state index >= 15 is 0 Å². The van der Waals surface area contributed by atoms with Gasteiger partial charge in [0.25, 0.3) is 5.91 Å². The zero-order chi connectivity index (χ0) is 19.8. The summed E-state index contributed by atoms with van der Waals surface area (Å²) in [5, 5.41) is 0. The lowest BCUT2D eigenvalue weighted by Gasteiger charge is -2.27. The Bertz CT molecular complexity index is 1050. The van der Waals surface area contributed by atoms with E-state index in [1.54, 1.807) is 7.11 Å². The first kappa shape index (κ1) is 18.6.